The lowest BCUT2D eigenvalue weighted by atomic mass is 10.3. The second-order valence-electron chi connectivity index (χ2n) is 4.27. The minimum Gasteiger partial charge on any atom is -0.334 e. The van der Waals surface area contributed by atoms with Crippen molar-refractivity contribution in [3.8, 4) is 0 Å². The Kier molecular flexibility index (Phi) is 5.10. The molecule has 0 bridgehead atoms. The number of thioether (sulfide) groups is 1. The van der Waals surface area contributed by atoms with Gasteiger partial charge in [-0.3, -0.25) is 9.59 Å². The number of carbonyl (C=O) groups is 1. The molecular weight excluding hydrogens is 309 g/mol. The summed E-state index contributed by atoms with van der Waals surface area (Å²) in [5.41, 5.74) is -0.108. The SMILES string of the molecule is CCc1nnc(SCC(=O)Nc2ccccc2F)n(N)c1=O. The molecule has 9 heteroatoms. The van der Waals surface area contributed by atoms with Crippen molar-refractivity contribution in [2.24, 2.45) is 0 Å². The number of aromatic nitrogens is 3. The van der Waals surface area contributed by atoms with Gasteiger partial charge in [-0.15, -0.1) is 10.2 Å². The third-order valence-corrected chi connectivity index (χ3v) is 3.69. The van der Waals surface area contributed by atoms with Crippen LogP contribution < -0.4 is 16.7 Å². The summed E-state index contributed by atoms with van der Waals surface area (Å²) in [7, 11) is 0. The van der Waals surface area contributed by atoms with Crippen molar-refractivity contribution < 1.29 is 9.18 Å². The Balaban J connectivity index is 2.02. The van der Waals surface area contributed by atoms with Crippen LogP contribution in [0.3, 0.4) is 0 Å². The Morgan fingerprint density at radius 3 is 2.82 bits per heavy atom. The maximum atomic E-state index is 13.4. The molecule has 1 aromatic heterocycles. The molecule has 0 aliphatic heterocycles. The highest BCUT2D eigenvalue weighted by Crippen LogP contribution is 2.15. The first-order valence-electron chi connectivity index (χ1n) is 6.43. The van der Waals surface area contributed by atoms with Crippen molar-refractivity contribution in [2.75, 3.05) is 16.9 Å². The summed E-state index contributed by atoms with van der Waals surface area (Å²) in [6, 6.07) is 5.83. The second kappa shape index (κ2) is 7.03. The molecule has 0 unspecified atom stereocenters. The molecule has 1 amide bonds. The fourth-order valence-corrected chi connectivity index (χ4v) is 2.27. The fourth-order valence-electron chi connectivity index (χ4n) is 1.62. The van der Waals surface area contributed by atoms with Crippen molar-refractivity contribution in [3.05, 3.63) is 46.1 Å². The molecule has 1 heterocycles. The Hall–Kier alpha value is -2.42. The van der Waals surface area contributed by atoms with Crippen LogP contribution in [0.2, 0.25) is 0 Å². The largest absolute Gasteiger partial charge is 0.334 e. The van der Waals surface area contributed by atoms with Crippen LogP contribution in [0.1, 0.15) is 12.6 Å². The van der Waals surface area contributed by atoms with Crippen LogP contribution in [0.25, 0.3) is 0 Å². The predicted octanol–water partition coefficient (Wildman–Crippen LogP) is 0.784. The average molecular weight is 323 g/mol. The van der Waals surface area contributed by atoms with E-state index in [9.17, 15) is 14.0 Å². The smallest absolute Gasteiger partial charge is 0.294 e. The van der Waals surface area contributed by atoms with Gasteiger partial charge in [-0.1, -0.05) is 30.8 Å². The molecule has 2 aromatic rings. The molecule has 2 rings (SSSR count). The van der Waals surface area contributed by atoms with Crippen LogP contribution in [0.4, 0.5) is 10.1 Å². The molecule has 7 nitrogen and oxygen atoms in total. The van der Waals surface area contributed by atoms with Gasteiger partial charge in [0.1, 0.15) is 11.5 Å². The maximum absolute atomic E-state index is 13.4. The van der Waals surface area contributed by atoms with E-state index in [1.807, 2.05) is 0 Å². The van der Waals surface area contributed by atoms with Gasteiger partial charge in [0.05, 0.1) is 11.4 Å². The van der Waals surface area contributed by atoms with Gasteiger partial charge in [-0.05, 0) is 18.6 Å². The van der Waals surface area contributed by atoms with Crippen LogP contribution in [-0.2, 0) is 11.2 Å². The first-order chi connectivity index (χ1) is 10.5. The summed E-state index contributed by atoms with van der Waals surface area (Å²) >= 11 is 0.943. The van der Waals surface area contributed by atoms with Crippen molar-refractivity contribution in [3.63, 3.8) is 0 Å². The Bertz CT molecular complexity index is 749. The van der Waals surface area contributed by atoms with E-state index in [0.29, 0.717) is 6.42 Å². The molecular formula is C13H14FN5O2S. The molecule has 0 spiro atoms. The van der Waals surface area contributed by atoms with Gasteiger partial charge in [0.2, 0.25) is 11.1 Å². The van der Waals surface area contributed by atoms with Gasteiger partial charge in [0.15, 0.2) is 0 Å². The fraction of sp³-hybridized carbons (Fsp3) is 0.231. The van der Waals surface area contributed by atoms with Crippen LogP contribution in [-0.4, -0.2) is 26.5 Å². The highest BCUT2D eigenvalue weighted by Gasteiger charge is 2.12. The minimum atomic E-state index is -0.524. The van der Waals surface area contributed by atoms with Crippen molar-refractivity contribution >= 4 is 23.4 Å². The number of nitrogen functional groups attached to an aromatic ring is 1. The number of benzene rings is 1. The zero-order chi connectivity index (χ0) is 16.1. The van der Waals surface area contributed by atoms with E-state index in [1.54, 1.807) is 13.0 Å². The summed E-state index contributed by atoms with van der Waals surface area (Å²) < 4.78 is 14.3. The second-order valence-corrected chi connectivity index (χ2v) is 5.22. The Morgan fingerprint density at radius 2 is 2.14 bits per heavy atom. The molecule has 3 N–H and O–H groups in total. The van der Waals surface area contributed by atoms with Crippen LogP contribution in [0, 0.1) is 5.82 Å². The third-order valence-electron chi connectivity index (χ3n) is 2.74. The monoisotopic (exact) mass is 323 g/mol. The van der Waals surface area contributed by atoms with Crippen molar-refractivity contribution in [1.29, 1.82) is 0 Å². The molecule has 0 saturated carbocycles. The number of amides is 1. The van der Waals surface area contributed by atoms with Gasteiger partial charge < -0.3 is 11.2 Å². The van der Waals surface area contributed by atoms with E-state index in [2.05, 4.69) is 15.5 Å². The molecule has 22 heavy (non-hydrogen) atoms. The zero-order valence-corrected chi connectivity index (χ0v) is 12.6. The minimum absolute atomic E-state index is 0.0782. The van der Waals surface area contributed by atoms with Crippen LogP contribution in [0.5, 0.6) is 0 Å². The summed E-state index contributed by atoms with van der Waals surface area (Å²) in [5, 5.41) is 10.1. The lowest BCUT2D eigenvalue weighted by Crippen LogP contribution is -2.33. The van der Waals surface area contributed by atoms with E-state index < -0.39 is 17.3 Å². The number of hydrogen-bond acceptors (Lipinski definition) is 6. The lowest BCUT2D eigenvalue weighted by Gasteiger charge is -2.08. The van der Waals surface area contributed by atoms with Crippen LogP contribution >= 0.6 is 11.8 Å². The number of carbonyl (C=O) groups excluding carboxylic acids is 1. The van der Waals surface area contributed by atoms with Gasteiger partial charge in [-0.25, -0.2) is 4.39 Å². The Labute approximate surface area is 129 Å². The Morgan fingerprint density at radius 1 is 1.41 bits per heavy atom. The summed E-state index contributed by atoms with van der Waals surface area (Å²) in [4.78, 5) is 23.6. The number of nitrogens with zero attached hydrogens (tertiary/aromatic N) is 3. The number of aryl methyl sites for hydroxylation is 1. The summed E-state index contributed by atoms with van der Waals surface area (Å²) in [6.45, 7) is 1.76. The molecule has 0 aliphatic carbocycles. The number of halogens is 1. The summed E-state index contributed by atoms with van der Waals surface area (Å²) in [6.07, 6.45) is 0.418. The predicted molar refractivity (Wildman–Crippen MR) is 81.6 cm³/mol. The van der Waals surface area contributed by atoms with Crippen molar-refractivity contribution in [1.82, 2.24) is 14.9 Å². The van der Waals surface area contributed by atoms with E-state index in [-0.39, 0.29) is 22.3 Å². The van der Waals surface area contributed by atoms with Crippen molar-refractivity contribution in [2.45, 2.75) is 18.5 Å². The number of nitrogens with one attached hydrogen (secondary N) is 1. The molecule has 0 fully saturated rings. The standard InChI is InChI=1S/C13H14FN5O2S/c1-2-9-12(21)19(15)13(18-17-9)22-7-11(20)16-10-6-4-3-5-8(10)14/h3-6H,2,7,15H2,1H3,(H,16,20). The highest BCUT2D eigenvalue weighted by molar-refractivity contribution is 7.99. The van der Waals surface area contributed by atoms with E-state index in [0.717, 1.165) is 16.4 Å². The first-order valence-corrected chi connectivity index (χ1v) is 7.42. The molecule has 0 saturated heterocycles. The van der Waals surface area contributed by atoms with E-state index in [4.69, 9.17) is 5.84 Å². The van der Waals surface area contributed by atoms with E-state index in [1.165, 1.54) is 18.2 Å². The highest BCUT2D eigenvalue weighted by atomic mass is 32.2. The zero-order valence-electron chi connectivity index (χ0n) is 11.7. The van der Waals surface area contributed by atoms with E-state index >= 15 is 0 Å². The molecule has 0 aliphatic rings. The lowest BCUT2D eigenvalue weighted by molar-refractivity contribution is -0.113. The molecule has 1 aromatic carbocycles. The number of para-hydroxylation sites is 1. The van der Waals surface area contributed by atoms with Gasteiger partial charge in [-0.2, -0.15) is 4.68 Å². The summed E-state index contributed by atoms with van der Waals surface area (Å²) in [5.74, 6) is 4.57. The quantitative estimate of drug-likeness (QED) is 0.623. The van der Waals surface area contributed by atoms with Gasteiger partial charge in [0, 0.05) is 0 Å². The third kappa shape index (κ3) is 3.61. The number of rotatable bonds is 5. The number of anilines is 1. The average Bonchev–Trinajstić information content (AvgIpc) is 2.51. The molecule has 0 atom stereocenters. The van der Waals surface area contributed by atoms with Crippen LogP contribution in [0.15, 0.2) is 34.2 Å². The number of nitrogens with two attached hydrogens (primary N) is 1. The van der Waals surface area contributed by atoms with Gasteiger partial charge >= 0.3 is 0 Å². The topological polar surface area (TPSA) is 103 Å². The number of hydrogen-bond donors (Lipinski definition) is 2. The molecule has 116 valence electrons. The van der Waals surface area contributed by atoms with Gasteiger partial charge in [0.25, 0.3) is 5.56 Å². The molecule has 0 radical (unpaired) electrons. The normalized spacial score (nSPS) is 10.5. The first kappa shape index (κ1) is 16.0. The maximum Gasteiger partial charge on any atom is 0.294 e.